The number of nitrogens with two attached hydrogens (primary N) is 1. The van der Waals surface area contributed by atoms with Crippen LogP contribution in [0.5, 0.6) is 0 Å². The molecule has 0 aliphatic rings. The molecule has 2 rings (SSSR count). The lowest BCUT2D eigenvalue weighted by Gasteiger charge is -2.02. The summed E-state index contributed by atoms with van der Waals surface area (Å²) in [5.41, 5.74) is 7.02. The highest BCUT2D eigenvalue weighted by molar-refractivity contribution is 7.09. The molecular weight excluding hydrogens is 248 g/mol. The average Bonchev–Trinajstić information content (AvgIpc) is 2.95. The third-order valence-electron chi connectivity index (χ3n) is 2.66. The van der Waals surface area contributed by atoms with Crippen LogP contribution in [0.2, 0.25) is 0 Å². The minimum atomic E-state index is -0.0512. The molecule has 0 aliphatic carbocycles. The fourth-order valence-corrected chi connectivity index (χ4v) is 2.36. The Morgan fingerprint density at radius 3 is 3.06 bits per heavy atom. The number of anilines is 2. The number of aryl methyl sites for hydroxylation is 2. The van der Waals surface area contributed by atoms with Gasteiger partial charge in [-0.15, -0.1) is 11.3 Å². The zero-order chi connectivity index (χ0) is 13.0. The Hall–Kier alpha value is -1.82. The molecule has 0 fully saturated rings. The van der Waals surface area contributed by atoms with Crippen LogP contribution < -0.4 is 11.1 Å². The molecular formula is C12H16N4OS. The van der Waals surface area contributed by atoms with Gasteiger partial charge in [-0.3, -0.25) is 9.89 Å². The summed E-state index contributed by atoms with van der Waals surface area (Å²) in [5, 5.41) is 11.4. The van der Waals surface area contributed by atoms with E-state index >= 15 is 0 Å². The number of hydrogen-bond acceptors (Lipinski definition) is 4. The third kappa shape index (κ3) is 3.10. The molecule has 0 saturated carbocycles. The largest absolute Gasteiger partial charge is 0.394 e. The summed E-state index contributed by atoms with van der Waals surface area (Å²) < 4.78 is 0. The molecule has 0 saturated heterocycles. The summed E-state index contributed by atoms with van der Waals surface area (Å²) in [4.78, 5) is 13.0. The van der Waals surface area contributed by atoms with Gasteiger partial charge in [-0.1, -0.05) is 6.07 Å². The van der Waals surface area contributed by atoms with Crippen molar-refractivity contribution in [3.63, 3.8) is 0 Å². The van der Waals surface area contributed by atoms with Gasteiger partial charge >= 0.3 is 0 Å². The molecule has 2 aromatic rings. The molecule has 0 bridgehead atoms. The molecule has 0 spiro atoms. The number of nitrogen functional groups attached to an aromatic ring is 1. The number of carbonyl (C=O) groups is 1. The fourth-order valence-electron chi connectivity index (χ4n) is 1.61. The highest BCUT2D eigenvalue weighted by Gasteiger charge is 2.09. The maximum absolute atomic E-state index is 11.7. The highest BCUT2D eigenvalue weighted by atomic mass is 32.1. The van der Waals surface area contributed by atoms with E-state index in [1.165, 1.54) is 4.88 Å². The van der Waals surface area contributed by atoms with Gasteiger partial charge in [0, 0.05) is 11.3 Å². The standard InChI is InChI=1S/C12H16N4OS/c1-8-11(13)12(16-15-8)14-10(17)6-2-4-9-5-3-7-18-9/h3,5,7H,2,4,6,13H2,1H3,(H2,14,15,16,17). The fraction of sp³-hybridized carbons (Fsp3) is 0.333. The first kappa shape index (κ1) is 12.6. The molecule has 4 N–H and O–H groups in total. The zero-order valence-corrected chi connectivity index (χ0v) is 11.0. The number of amides is 1. The van der Waals surface area contributed by atoms with Gasteiger partial charge in [0.2, 0.25) is 5.91 Å². The number of aromatic amines is 1. The predicted octanol–water partition coefficient (Wildman–Crippen LogP) is 2.32. The summed E-state index contributed by atoms with van der Waals surface area (Å²) in [6.07, 6.45) is 2.24. The van der Waals surface area contributed by atoms with Crippen molar-refractivity contribution < 1.29 is 4.79 Å². The second-order valence-corrected chi connectivity index (χ2v) is 5.12. The first-order valence-electron chi connectivity index (χ1n) is 5.79. The quantitative estimate of drug-likeness (QED) is 0.775. The van der Waals surface area contributed by atoms with Crippen LogP contribution in [-0.2, 0) is 11.2 Å². The van der Waals surface area contributed by atoms with Crippen LogP contribution in [0.1, 0.15) is 23.4 Å². The van der Waals surface area contributed by atoms with E-state index in [4.69, 9.17) is 5.73 Å². The molecule has 96 valence electrons. The van der Waals surface area contributed by atoms with Crippen LogP contribution in [0.25, 0.3) is 0 Å². The predicted molar refractivity (Wildman–Crippen MR) is 73.6 cm³/mol. The number of aromatic nitrogens is 2. The SMILES string of the molecule is Cc1[nH]nc(NC(=O)CCCc2cccs2)c1N. The average molecular weight is 264 g/mol. The molecule has 1 amide bonds. The monoisotopic (exact) mass is 264 g/mol. The summed E-state index contributed by atoms with van der Waals surface area (Å²) in [6.45, 7) is 1.81. The Kier molecular flexibility index (Phi) is 3.99. The van der Waals surface area contributed by atoms with Crippen molar-refractivity contribution in [2.75, 3.05) is 11.1 Å². The zero-order valence-electron chi connectivity index (χ0n) is 10.2. The molecule has 0 radical (unpaired) electrons. The molecule has 2 aromatic heterocycles. The number of hydrogen-bond donors (Lipinski definition) is 3. The van der Waals surface area contributed by atoms with E-state index in [1.54, 1.807) is 11.3 Å². The van der Waals surface area contributed by atoms with Gasteiger partial charge in [0.1, 0.15) is 0 Å². The van der Waals surface area contributed by atoms with Gasteiger partial charge in [-0.2, -0.15) is 5.10 Å². The van der Waals surface area contributed by atoms with Crippen LogP contribution in [0.15, 0.2) is 17.5 Å². The Balaban J connectivity index is 1.77. The van der Waals surface area contributed by atoms with Gasteiger partial charge in [-0.25, -0.2) is 0 Å². The molecule has 0 atom stereocenters. The molecule has 6 heteroatoms. The summed E-state index contributed by atoms with van der Waals surface area (Å²) in [5.74, 6) is 0.373. The van der Waals surface area contributed by atoms with Crippen LogP contribution >= 0.6 is 11.3 Å². The van der Waals surface area contributed by atoms with E-state index in [-0.39, 0.29) is 5.91 Å². The molecule has 0 aromatic carbocycles. The van der Waals surface area contributed by atoms with Crippen molar-refractivity contribution in [2.24, 2.45) is 0 Å². The van der Waals surface area contributed by atoms with E-state index in [1.807, 2.05) is 18.4 Å². The summed E-state index contributed by atoms with van der Waals surface area (Å²) >= 11 is 1.72. The van der Waals surface area contributed by atoms with E-state index < -0.39 is 0 Å². The number of thiophene rings is 1. The van der Waals surface area contributed by atoms with Crippen LogP contribution in [0.4, 0.5) is 11.5 Å². The van der Waals surface area contributed by atoms with Crippen LogP contribution in [0, 0.1) is 6.92 Å². The first-order chi connectivity index (χ1) is 8.66. The van der Waals surface area contributed by atoms with Gasteiger partial charge in [0.25, 0.3) is 0 Å². The smallest absolute Gasteiger partial charge is 0.225 e. The van der Waals surface area contributed by atoms with Crippen LogP contribution in [-0.4, -0.2) is 16.1 Å². The van der Waals surface area contributed by atoms with Crippen molar-refractivity contribution >= 4 is 28.7 Å². The Labute approximate surface area is 109 Å². The number of carbonyl (C=O) groups excluding carboxylic acids is 1. The van der Waals surface area contributed by atoms with Crippen molar-refractivity contribution in [3.05, 3.63) is 28.1 Å². The first-order valence-corrected chi connectivity index (χ1v) is 6.67. The normalized spacial score (nSPS) is 10.5. The van der Waals surface area contributed by atoms with Crippen molar-refractivity contribution in [3.8, 4) is 0 Å². The van der Waals surface area contributed by atoms with E-state index in [0.29, 0.717) is 17.9 Å². The molecule has 18 heavy (non-hydrogen) atoms. The van der Waals surface area contributed by atoms with Gasteiger partial charge in [0.05, 0.1) is 11.4 Å². The maximum Gasteiger partial charge on any atom is 0.225 e. The number of rotatable bonds is 5. The molecule has 0 aliphatic heterocycles. The highest BCUT2D eigenvalue weighted by Crippen LogP contribution is 2.18. The third-order valence-corrected chi connectivity index (χ3v) is 3.60. The van der Waals surface area contributed by atoms with E-state index in [0.717, 1.165) is 18.5 Å². The molecule has 5 nitrogen and oxygen atoms in total. The summed E-state index contributed by atoms with van der Waals surface area (Å²) in [7, 11) is 0. The summed E-state index contributed by atoms with van der Waals surface area (Å²) in [6, 6.07) is 4.10. The minimum absolute atomic E-state index is 0.0512. The second kappa shape index (κ2) is 5.68. The van der Waals surface area contributed by atoms with E-state index in [2.05, 4.69) is 21.6 Å². The Bertz CT molecular complexity index is 518. The van der Waals surface area contributed by atoms with Crippen molar-refractivity contribution in [2.45, 2.75) is 26.2 Å². The van der Waals surface area contributed by atoms with E-state index in [9.17, 15) is 4.79 Å². The minimum Gasteiger partial charge on any atom is -0.394 e. The lowest BCUT2D eigenvalue weighted by Crippen LogP contribution is -2.12. The van der Waals surface area contributed by atoms with Crippen LogP contribution in [0.3, 0.4) is 0 Å². The number of nitrogens with zero attached hydrogens (tertiary/aromatic N) is 1. The topological polar surface area (TPSA) is 83.8 Å². The van der Waals surface area contributed by atoms with Gasteiger partial charge < -0.3 is 11.1 Å². The maximum atomic E-state index is 11.7. The Morgan fingerprint density at radius 1 is 1.61 bits per heavy atom. The second-order valence-electron chi connectivity index (χ2n) is 4.09. The van der Waals surface area contributed by atoms with Gasteiger partial charge in [0.15, 0.2) is 5.82 Å². The molecule has 0 unspecified atom stereocenters. The van der Waals surface area contributed by atoms with Crippen molar-refractivity contribution in [1.29, 1.82) is 0 Å². The number of H-pyrrole nitrogens is 1. The lowest BCUT2D eigenvalue weighted by molar-refractivity contribution is -0.116. The molecule has 2 heterocycles. The Morgan fingerprint density at radius 2 is 2.44 bits per heavy atom. The van der Waals surface area contributed by atoms with Gasteiger partial charge in [-0.05, 0) is 31.2 Å². The number of nitrogens with one attached hydrogen (secondary N) is 2. The van der Waals surface area contributed by atoms with Crippen molar-refractivity contribution in [1.82, 2.24) is 10.2 Å². The lowest BCUT2D eigenvalue weighted by atomic mass is 10.2.